The van der Waals surface area contributed by atoms with E-state index in [1.54, 1.807) is 0 Å². The van der Waals surface area contributed by atoms with Crippen molar-refractivity contribution in [3.63, 3.8) is 0 Å². The molecule has 62 valence electrons. The van der Waals surface area contributed by atoms with E-state index < -0.39 is 0 Å². The molecule has 0 aliphatic carbocycles. The maximum atomic E-state index is 10.7. The molecule has 0 aliphatic heterocycles. The van der Waals surface area contributed by atoms with Crippen molar-refractivity contribution in [3.05, 3.63) is 0 Å². The van der Waals surface area contributed by atoms with Crippen LogP contribution in [0.15, 0.2) is 0 Å². The van der Waals surface area contributed by atoms with Crippen molar-refractivity contribution in [2.24, 2.45) is 5.92 Å². The normalized spacial score (nSPS) is 8.73. The van der Waals surface area contributed by atoms with Crippen LogP contribution >= 0.6 is 0 Å². The van der Waals surface area contributed by atoms with Crippen LogP contribution in [0.25, 0.3) is 0 Å². The second kappa shape index (κ2) is 5.79. The fraction of sp³-hybridized carbons (Fsp3) is 0.667. The Balaban J connectivity index is 3.43. The lowest BCUT2D eigenvalue weighted by atomic mass is 10.2. The predicted molar refractivity (Wildman–Crippen MR) is 45.9 cm³/mol. The first kappa shape index (κ1) is 10.0. The first-order valence-corrected chi connectivity index (χ1v) is 3.92. The molecule has 0 aliphatic rings. The van der Waals surface area contributed by atoms with E-state index in [4.69, 9.17) is 0 Å². The molecule has 2 nitrogen and oxygen atoms in total. The minimum atomic E-state index is 0.0584. The highest BCUT2D eigenvalue weighted by molar-refractivity contribution is 5.75. The number of amides is 1. The van der Waals surface area contributed by atoms with Crippen LogP contribution < -0.4 is 5.32 Å². The number of hydrogen-bond acceptors (Lipinski definition) is 1. The van der Waals surface area contributed by atoms with Gasteiger partial charge in [0.2, 0.25) is 5.91 Å². The summed E-state index contributed by atoms with van der Waals surface area (Å²) in [6.07, 6.45) is 0.531. The molecule has 11 heavy (non-hydrogen) atoms. The lowest BCUT2D eigenvalue weighted by Crippen LogP contribution is -2.22. The van der Waals surface area contributed by atoms with Crippen molar-refractivity contribution < 1.29 is 4.79 Å². The lowest BCUT2D eigenvalue weighted by Gasteiger charge is -1.95. The Labute approximate surface area is 68.4 Å². The highest BCUT2D eigenvalue weighted by Crippen LogP contribution is 1.84. The molecule has 0 spiro atoms. The minimum absolute atomic E-state index is 0.0584. The molecule has 0 aromatic rings. The SMILES string of the molecule is CCC(=O)NCC#CC(C)C. The molecular weight excluding hydrogens is 138 g/mol. The zero-order chi connectivity index (χ0) is 8.69. The summed E-state index contributed by atoms with van der Waals surface area (Å²) < 4.78 is 0. The molecule has 0 fully saturated rings. The third kappa shape index (κ3) is 6.92. The Bertz CT molecular complexity index is 174. The predicted octanol–water partition coefficient (Wildman–Crippen LogP) is 1.17. The van der Waals surface area contributed by atoms with Crippen LogP contribution in [0.1, 0.15) is 27.2 Å². The minimum Gasteiger partial charge on any atom is -0.345 e. The van der Waals surface area contributed by atoms with E-state index in [-0.39, 0.29) is 5.91 Å². The van der Waals surface area contributed by atoms with Gasteiger partial charge in [-0.1, -0.05) is 32.6 Å². The monoisotopic (exact) mass is 153 g/mol. The largest absolute Gasteiger partial charge is 0.345 e. The number of carbonyl (C=O) groups is 1. The zero-order valence-corrected chi connectivity index (χ0v) is 7.40. The van der Waals surface area contributed by atoms with Gasteiger partial charge in [-0.25, -0.2) is 0 Å². The van der Waals surface area contributed by atoms with Crippen LogP contribution in [0.5, 0.6) is 0 Å². The summed E-state index contributed by atoms with van der Waals surface area (Å²) in [6, 6.07) is 0. The quantitative estimate of drug-likeness (QED) is 0.593. The zero-order valence-electron chi connectivity index (χ0n) is 7.40. The number of nitrogens with one attached hydrogen (secondary N) is 1. The first-order chi connectivity index (χ1) is 5.16. The second-order valence-corrected chi connectivity index (χ2v) is 2.61. The molecule has 1 N–H and O–H groups in total. The van der Waals surface area contributed by atoms with E-state index in [1.165, 1.54) is 0 Å². The third-order valence-corrected chi connectivity index (χ3v) is 1.09. The first-order valence-electron chi connectivity index (χ1n) is 3.92. The summed E-state index contributed by atoms with van der Waals surface area (Å²) >= 11 is 0. The van der Waals surface area contributed by atoms with Gasteiger partial charge in [-0.2, -0.15) is 0 Å². The van der Waals surface area contributed by atoms with Gasteiger partial charge in [-0.3, -0.25) is 4.79 Å². The summed E-state index contributed by atoms with van der Waals surface area (Å²) in [4.78, 5) is 10.7. The molecule has 0 saturated carbocycles. The van der Waals surface area contributed by atoms with Gasteiger partial charge in [0.05, 0.1) is 6.54 Å². The average molecular weight is 153 g/mol. The van der Waals surface area contributed by atoms with Gasteiger partial charge in [0, 0.05) is 12.3 Å². The molecule has 0 aromatic heterocycles. The topological polar surface area (TPSA) is 29.1 Å². The maximum Gasteiger partial charge on any atom is 0.220 e. The van der Waals surface area contributed by atoms with E-state index in [9.17, 15) is 4.79 Å². The number of rotatable bonds is 2. The van der Waals surface area contributed by atoms with E-state index >= 15 is 0 Å². The van der Waals surface area contributed by atoms with E-state index in [0.717, 1.165) is 0 Å². The average Bonchev–Trinajstić information content (AvgIpc) is 1.97. The van der Waals surface area contributed by atoms with Gasteiger partial charge in [-0.15, -0.1) is 0 Å². The molecule has 0 aromatic carbocycles. The third-order valence-electron chi connectivity index (χ3n) is 1.09. The molecule has 0 atom stereocenters. The van der Waals surface area contributed by atoms with E-state index in [0.29, 0.717) is 18.9 Å². The smallest absolute Gasteiger partial charge is 0.220 e. The van der Waals surface area contributed by atoms with Crippen molar-refractivity contribution in [2.45, 2.75) is 27.2 Å². The summed E-state index contributed by atoms with van der Waals surface area (Å²) in [7, 11) is 0. The summed E-state index contributed by atoms with van der Waals surface area (Å²) in [5.74, 6) is 6.27. The van der Waals surface area contributed by atoms with Crippen LogP contribution in [0.3, 0.4) is 0 Å². The van der Waals surface area contributed by atoms with Gasteiger partial charge in [0.15, 0.2) is 0 Å². The number of carbonyl (C=O) groups excluding carboxylic acids is 1. The molecule has 0 bridgehead atoms. The van der Waals surface area contributed by atoms with Gasteiger partial charge in [0.25, 0.3) is 0 Å². The Morgan fingerprint density at radius 2 is 2.18 bits per heavy atom. The highest BCUT2D eigenvalue weighted by atomic mass is 16.1. The van der Waals surface area contributed by atoms with Crippen LogP contribution in [-0.4, -0.2) is 12.5 Å². The van der Waals surface area contributed by atoms with Crippen molar-refractivity contribution in [1.82, 2.24) is 5.32 Å². The van der Waals surface area contributed by atoms with E-state index in [1.807, 2.05) is 20.8 Å². The Morgan fingerprint density at radius 1 is 1.55 bits per heavy atom. The molecule has 0 heterocycles. The van der Waals surface area contributed by atoms with Crippen LogP contribution in [-0.2, 0) is 4.79 Å². The van der Waals surface area contributed by atoms with Crippen molar-refractivity contribution in [1.29, 1.82) is 0 Å². The highest BCUT2D eigenvalue weighted by Gasteiger charge is 1.90. The molecule has 1 amide bonds. The molecule has 2 heteroatoms. The van der Waals surface area contributed by atoms with Crippen molar-refractivity contribution >= 4 is 5.91 Å². The maximum absolute atomic E-state index is 10.7. The Kier molecular flexibility index (Phi) is 5.28. The molecular formula is C9H15NO. The fourth-order valence-electron chi connectivity index (χ4n) is 0.523. The molecule has 0 saturated heterocycles. The van der Waals surface area contributed by atoms with Gasteiger partial charge >= 0.3 is 0 Å². The fourth-order valence-corrected chi connectivity index (χ4v) is 0.523. The van der Waals surface area contributed by atoms with Crippen LogP contribution in [0, 0.1) is 17.8 Å². The van der Waals surface area contributed by atoms with Crippen LogP contribution in [0.2, 0.25) is 0 Å². The summed E-state index contributed by atoms with van der Waals surface area (Å²) in [5.41, 5.74) is 0. The second-order valence-electron chi connectivity index (χ2n) is 2.61. The van der Waals surface area contributed by atoms with Gasteiger partial charge < -0.3 is 5.32 Å². The van der Waals surface area contributed by atoms with Crippen LogP contribution in [0.4, 0.5) is 0 Å². The van der Waals surface area contributed by atoms with E-state index in [2.05, 4.69) is 17.2 Å². The van der Waals surface area contributed by atoms with Gasteiger partial charge in [-0.05, 0) is 0 Å². The standard InChI is InChI=1S/C9H15NO/c1-4-9(11)10-7-5-6-8(2)3/h8H,4,7H2,1-3H3,(H,10,11). The Morgan fingerprint density at radius 3 is 2.64 bits per heavy atom. The lowest BCUT2D eigenvalue weighted by molar-refractivity contribution is -0.120. The summed E-state index contributed by atoms with van der Waals surface area (Å²) in [6.45, 7) is 6.35. The Hall–Kier alpha value is -0.970. The van der Waals surface area contributed by atoms with Gasteiger partial charge in [0.1, 0.15) is 0 Å². The van der Waals surface area contributed by atoms with Crippen molar-refractivity contribution in [3.8, 4) is 11.8 Å². The summed E-state index contributed by atoms with van der Waals surface area (Å²) in [5, 5.41) is 2.68. The van der Waals surface area contributed by atoms with Crippen molar-refractivity contribution in [2.75, 3.05) is 6.54 Å². The molecule has 0 radical (unpaired) electrons. The number of hydrogen-bond donors (Lipinski definition) is 1. The molecule has 0 unspecified atom stereocenters. The molecule has 0 rings (SSSR count).